The smallest absolute Gasteiger partial charge is 0.229 e. The topological polar surface area (TPSA) is 54.5 Å². The lowest BCUT2D eigenvalue weighted by atomic mass is 10.3. The minimum absolute atomic E-state index is 0.00319. The molecule has 0 aliphatic carbocycles. The lowest BCUT2D eigenvalue weighted by Gasteiger charge is -2.11. The molecule has 0 aromatic rings. The number of imide groups is 1. The second-order valence-electron chi connectivity index (χ2n) is 3.72. The summed E-state index contributed by atoms with van der Waals surface area (Å²) in [5.74, 6) is 0.905. The number of likely N-dealkylation sites (tertiary alicyclic amines) is 1. The molecule has 1 fully saturated rings. The number of amides is 2. The van der Waals surface area contributed by atoms with Crippen LogP contribution in [0.3, 0.4) is 0 Å². The minimum Gasteiger partial charge on any atom is -0.288 e. The summed E-state index contributed by atoms with van der Waals surface area (Å²) in [6.07, 6.45) is 2.79. The van der Waals surface area contributed by atoms with Gasteiger partial charge in [0.2, 0.25) is 11.8 Å². The molecule has 0 spiro atoms. The highest BCUT2D eigenvalue weighted by Crippen LogP contribution is 2.11. The van der Waals surface area contributed by atoms with Gasteiger partial charge in [-0.15, -0.1) is 0 Å². The molecule has 0 aromatic carbocycles. The minimum atomic E-state index is 0.00319. The van der Waals surface area contributed by atoms with Gasteiger partial charge in [0.05, 0.1) is 0 Å². The largest absolute Gasteiger partial charge is 0.288 e. The standard InChI is InChI=1S/C8H13NO2.C4H8OS/c1-2-3-6-9-7(10)4-5-8(9)11;1-3-6-4(2)5/h2-6H2,1H3;3H2,1-2H3. The highest BCUT2D eigenvalue weighted by Gasteiger charge is 2.27. The van der Waals surface area contributed by atoms with Gasteiger partial charge in [0.25, 0.3) is 0 Å². The lowest BCUT2D eigenvalue weighted by Crippen LogP contribution is -2.29. The van der Waals surface area contributed by atoms with Crippen LogP contribution >= 0.6 is 11.8 Å². The first-order valence-corrected chi connectivity index (χ1v) is 6.98. The van der Waals surface area contributed by atoms with E-state index in [-0.39, 0.29) is 16.9 Å². The molecule has 98 valence electrons. The van der Waals surface area contributed by atoms with Crippen molar-refractivity contribution in [3.8, 4) is 0 Å². The molecule has 1 rings (SSSR count). The fourth-order valence-electron chi connectivity index (χ4n) is 1.39. The van der Waals surface area contributed by atoms with Crippen LogP contribution in [0.5, 0.6) is 0 Å². The van der Waals surface area contributed by atoms with Gasteiger partial charge >= 0.3 is 0 Å². The molecule has 1 heterocycles. The lowest BCUT2D eigenvalue weighted by molar-refractivity contribution is -0.138. The van der Waals surface area contributed by atoms with Gasteiger partial charge in [0, 0.05) is 26.3 Å². The molecule has 17 heavy (non-hydrogen) atoms. The zero-order valence-electron chi connectivity index (χ0n) is 10.8. The normalized spacial score (nSPS) is 14.6. The highest BCUT2D eigenvalue weighted by molar-refractivity contribution is 8.13. The van der Waals surface area contributed by atoms with Crippen LogP contribution in [0, 0.1) is 0 Å². The molecule has 0 N–H and O–H groups in total. The Hall–Kier alpha value is -0.840. The van der Waals surface area contributed by atoms with E-state index < -0.39 is 0 Å². The summed E-state index contributed by atoms with van der Waals surface area (Å²) in [5, 5.41) is 0.206. The van der Waals surface area contributed by atoms with E-state index in [0.717, 1.165) is 18.6 Å². The maximum atomic E-state index is 11.0. The van der Waals surface area contributed by atoms with Gasteiger partial charge < -0.3 is 0 Å². The van der Waals surface area contributed by atoms with E-state index >= 15 is 0 Å². The number of rotatable bonds is 4. The van der Waals surface area contributed by atoms with Crippen LogP contribution in [0.1, 0.15) is 46.5 Å². The molecule has 0 unspecified atom stereocenters. The average molecular weight is 259 g/mol. The van der Waals surface area contributed by atoms with Crippen molar-refractivity contribution in [1.82, 2.24) is 4.90 Å². The molecular formula is C12H21NO3S. The number of carbonyl (C=O) groups is 3. The Labute approximate surface area is 107 Å². The van der Waals surface area contributed by atoms with Gasteiger partial charge in [0.15, 0.2) is 5.12 Å². The fraction of sp³-hybridized carbons (Fsp3) is 0.750. The molecule has 1 aliphatic heterocycles. The van der Waals surface area contributed by atoms with Crippen LogP contribution in [-0.4, -0.2) is 34.1 Å². The van der Waals surface area contributed by atoms with Crippen molar-refractivity contribution in [2.75, 3.05) is 12.3 Å². The fourth-order valence-corrected chi connectivity index (χ4v) is 1.80. The van der Waals surface area contributed by atoms with Crippen molar-refractivity contribution >= 4 is 28.7 Å². The first-order chi connectivity index (χ1) is 8.02. The SMILES string of the molecule is CCCCN1C(=O)CCC1=O.CCSC(C)=O. The zero-order valence-corrected chi connectivity index (χ0v) is 11.6. The van der Waals surface area contributed by atoms with Gasteiger partial charge in [-0.3, -0.25) is 19.3 Å². The van der Waals surface area contributed by atoms with E-state index in [0.29, 0.717) is 19.4 Å². The number of hydrogen-bond acceptors (Lipinski definition) is 4. The van der Waals surface area contributed by atoms with E-state index in [1.165, 1.54) is 16.7 Å². The van der Waals surface area contributed by atoms with Gasteiger partial charge in [-0.25, -0.2) is 0 Å². The summed E-state index contributed by atoms with van der Waals surface area (Å²) in [5.41, 5.74) is 0. The molecule has 0 aromatic heterocycles. The molecule has 5 heteroatoms. The van der Waals surface area contributed by atoms with Crippen LogP contribution in [0.2, 0.25) is 0 Å². The molecule has 4 nitrogen and oxygen atoms in total. The Balaban J connectivity index is 0.000000366. The van der Waals surface area contributed by atoms with Gasteiger partial charge in [-0.1, -0.05) is 32.0 Å². The summed E-state index contributed by atoms with van der Waals surface area (Å²) < 4.78 is 0. The molecular weight excluding hydrogens is 238 g/mol. The van der Waals surface area contributed by atoms with Crippen molar-refractivity contribution in [3.05, 3.63) is 0 Å². The molecule has 2 amide bonds. The quantitative estimate of drug-likeness (QED) is 0.726. The van der Waals surface area contributed by atoms with Crippen LogP contribution in [-0.2, 0) is 14.4 Å². The van der Waals surface area contributed by atoms with Gasteiger partial charge in [-0.05, 0) is 12.2 Å². The monoisotopic (exact) mass is 259 g/mol. The average Bonchev–Trinajstić information content (AvgIpc) is 2.57. The third-order valence-corrected chi connectivity index (χ3v) is 2.93. The van der Waals surface area contributed by atoms with Crippen LogP contribution in [0.4, 0.5) is 0 Å². The Bertz CT molecular complexity index is 263. The molecule has 0 saturated carbocycles. The van der Waals surface area contributed by atoms with Gasteiger partial charge in [0.1, 0.15) is 0 Å². The third-order valence-electron chi connectivity index (χ3n) is 2.24. The predicted octanol–water partition coefficient (Wildman–Crippen LogP) is 2.22. The molecule has 1 saturated heterocycles. The number of thioether (sulfide) groups is 1. The van der Waals surface area contributed by atoms with Crippen molar-refractivity contribution < 1.29 is 14.4 Å². The number of nitrogens with zero attached hydrogens (tertiary/aromatic N) is 1. The highest BCUT2D eigenvalue weighted by atomic mass is 32.2. The number of unbranched alkanes of at least 4 members (excludes halogenated alkanes) is 1. The Morgan fingerprint density at radius 1 is 1.24 bits per heavy atom. The van der Waals surface area contributed by atoms with Gasteiger partial charge in [-0.2, -0.15) is 0 Å². The molecule has 0 atom stereocenters. The Morgan fingerprint density at radius 3 is 2.06 bits per heavy atom. The van der Waals surface area contributed by atoms with Crippen molar-refractivity contribution in [3.63, 3.8) is 0 Å². The zero-order chi connectivity index (χ0) is 13.3. The van der Waals surface area contributed by atoms with Crippen molar-refractivity contribution in [2.45, 2.75) is 46.5 Å². The second-order valence-corrected chi connectivity index (χ2v) is 5.16. The van der Waals surface area contributed by atoms with E-state index in [1.807, 2.05) is 13.8 Å². The first-order valence-electron chi connectivity index (χ1n) is 5.99. The van der Waals surface area contributed by atoms with E-state index in [1.54, 1.807) is 6.92 Å². The Kier molecular flexibility index (Phi) is 8.76. The van der Waals surface area contributed by atoms with E-state index in [9.17, 15) is 14.4 Å². The summed E-state index contributed by atoms with van der Waals surface area (Å²) in [7, 11) is 0. The Morgan fingerprint density at radius 2 is 1.76 bits per heavy atom. The number of hydrogen-bond donors (Lipinski definition) is 0. The molecule has 0 radical (unpaired) electrons. The second kappa shape index (κ2) is 9.22. The van der Waals surface area contributed by atoms with E-state index in [2.05, 4.69) is 0 Å². The maximum absolute atomic E-state index is 11.0. The van der Waals surface area contributed by atoms with Crippen LogP contribution in [0.25, 0.3) is 0 Å². The van der Waals surface area contributed by atoms with Crippen LogP contribution in [0.15, 0.2) is 0 Å². The third kappa shape index (κ3) is 7.15. The summed E-state index contributed by atoms with van der Waals surface area (Å²) >= 11 is 1.35. The van der Waals surface area contributed by atoms with Crippen molar-refractivity contribution in [2.24, 2.45) is 0 Å². The summed E-state index contributed by atoms with van der Waals surface area (Å²) in [6.45, 7) is 6.21. The summed E-state index contributed by atoms with van der Waals surface area (Å²) in [4.78, 5) is 33.4. The first kappa shape index (κ1) is 16.2. The van der Waals surface area contributed by atoms with Crippen LogP contribution < -0.4 is 0 Å². The molecule has 1 aliphatic rings. The number of carbonyl (C=O) groups excluding carboxylic acids is 3. The summed E-state index contributed by atoms with van der Waals surface area (Å²) in [6, 6.07) is 0. The van der Waals surface area contributed by atoms with Crippen molar-refractivity contribution in [1.29, 1.82) is 0 Å². The van der Waals surface area contributed by atoms with E-state index in [4.69, 9.17) is 0 Å². The molecule has 0 bridgehead atoms. The maximum Gasteiger partial charge on any atom is 0.229 e. The predicted molar refractivity (Wildman–Crippen MR) is 69.7 cm³/mol.